The molecular formula is C21H24ClNO4. The molecule has 0 aromatic heterocycles. The van der Waals surface area contributed by atoms with Gasteiger partial charge in [-0.05, 0) is 69.7 Å². The van der Waals surface area contributed by atoms with Crippen molar-refractivity contribution in [3.8, 4) is 11.5 Å². The fraction of sp³-hybridized carbons (Fsp3) is 0.333. The Labute approximate surface area is 164 Å². The van der Waals surface area contributed by atoms with E-state index in [2.05, 4.69) is 5.32 Å². The van der Waals surface area contributed by atoms with Crippen LogP contribution in [0.15, 0.2) is 42.5 Å². The van der Waals surface area contributed by atoms with Crippen molar-refractivity contribution in [2.24, 2.45) is 0 Å². The quantitative estimate of drug-likeness (QED) is 0.477. The molecule has 0 spiro atoms. The number of amides is 1. The Bertz CT molecular complexity index is 787. The van der Waals surface area contributed by atoms with Crippen LogP contribution in [0.3, 0.4) is 0 Å². The lowest BCUT2D eigenvalue weighted by molar-refractivity contribution is -0.116. The molecule has 1 N–H and O–H groups in total. The molecule has 0 heterocycles. The Hall–Kier alpha value is -2.53. The molecule has 0 saturated carbocycles. The van der Waals surface area contributed by atoms with Crippen LogP contribution in [0.1, 0.15) is 44.0 Å². The minimum atomic E-state index is -0.112. The van der Waals surface area contributed by atoms with Gasteiger partial charge < -0.3 is 14.8 Å². The lowest BCUT2D eigenvalue weighted by atomic mass is 10.1. The first kappa shape index (κ1) is 20.8. The molecule has 2 rings (SSSR count). The van der Waals surface area contributed by atoms with Crippen LogP contribution < -0.4 is 14.8 Å². The first-order valence-corrected chi connectivity index (χ1v) is 9.23. The van der Waals surface area contributed by atoms with E-state index >= 15 is 0 Å². The summed E-state index contributed by atoms with van der Waals surface area (Å²) in [5, 5.41) is 3.27. The maximum absolute atomic E-state index is 12.0. The zero-order valence-corrected chi connectivity index (χ0v) is 16.5. The molecule has 2 aromatic rings. The van der Waals surface area contributed by atoms with E-state index in [-0.39, 0.29) is 17.8 Å². The predicted molar refractivity (Wildman–Crippen MR) is 107 cm³/mol. The average Bonchev–Trinajstić information content (AvgIpc) is 2.61. The zero-order valence-electron chi connectivity index (χ0n) is 15.8. The highest BCUT2D eigenvalue weighted by Gasteiger charge is 2.08. The number of nitrogens with one attached hydrogen (secondary N) is 1. The topological polar surface area (TPSA) is 64.6 Å². The molecule has 0 saturated heterocycles. The van der Waals surface area contributed by atoms with Crippen LogP contribution in [0.4, 0.5) is 5.69 Å². The van der Waals surface area contributed by atoms with Gasteiger partial charge in [-0.2, -0.15) is 0 Å². The average molecular weight is 390 g/mol. The number of Topliss-reactive ketones (excluding diaryl/α,β-unsaturated/α-hetero) is 1. The van der Waals surface area contributed by atoms with Crippen molar-refractivity contribution in [1.82, 2.24) is 0 Å². The van der Waals surface area contributed by atoms with Crippen LogP contribution in [0.5, 0.6) is 11.5 Å². The molecule has 0 aliphatic heterocycles. The van der Waals surface area contributed by atoms with Gasteiger partial charge in [0.05, 0.1) is 17.7 Å². The summed E-state index contributed by atoms with van der Waals surface area (Å²) in [6.07, 6.45) is 0.928. The lowest BCUT2D eigenvalue weighted by Gasteiger charge is -2.13. The number of rotatable bonds is 9. The highest BCUT2D eigenvalue weighted by Crippen LogP contribution is 2.28. The van der Waals surface area contributed by atoms with E-state index < -0.39 is 0 Å². The molecule has 6 heteroatoms. The van der Waals surface area contributed by atoms with Gasteiger partial charge in [0, 0.05) is 17.7 Å². The molecule has 27 heavy (non-hydrogen) atoms. The number of ketones is 1. The molecule has 144 valence electrons. The summed E-state index contributed by atoms with van der Waals surface area (Å²) >= 11 is 6.16. The summed E-state index contributed by atoms with van der Waals surface area (Å²) in [4.78, 5) is 23.3. The maximum atomic E-state index is 12.0. The van der Waals surface area contributed by atoms with Crippen LogP contribution in [0.2, 0.25) is 5.02 Å². The van der Waals surface area contributed by atoms with E-state index in [1.54, 1.807) is 42.5 Å². The molecule has 0 fully saturated rings. The molecule has 0 unspecified atom stereocenters. The molecule has 0 atom stereocenters. The number of halogens is 1. The van der Waals surface area contributed by atoms with E-state index in [4.69, 9.17) is 21.1 Å². The van der Waals surface area contributed by atoms with Gasteiger partial charge in [0.15, 0.2) is 5.78 Å². The first-order chi connectivity index (χ1) is 12.8. The highest BCUT2D eigenvalue weighted by atomic mass is 35.5. The summed E-state index contributed by atoms with van der Waals surface area (Å²) in [6.45, 7) is 5.78. The van der Waals surface area contributed by atoms with Crippen LogP contribution >= 0.6 is 11.6 Å². The number of hydrogen-bond acceptors (Lipinski definition) is 4. The molecule has 0 aliphatic rings. The van der Waals surface area contributed by atoms with Crippen molar-refractivity contribution in [3.63, 3.8) is 0 Å². The van der Waals surface area contributed by atoms with Gasteiger partial charge in [0.25, 0.3) is 0 Å². The fourth-order valence-corrected chi connectivity index (χ4v) is 2.59. The number of carbonyl (C=O) groups is 2. The largest absolute Gasteiger partial charge is 0.494 e. The van der Waals surface area contributed by atoms with Crippen molar-refractivity contribution in [2.75, 3.05) is 11.9 Å². The minimum absolute atomic E-state index is 0.0159. The van der Waals surface area contributed by atoms with Crippen LogP contribution in [-0.4, -0.2) is 24.4 Å². The van der Waals surface area contributed by atoms with Gasteiger partial charge >= 0.3 is 0 Å². The SMILES string of the molecule is CC(=O)c1ccc(OCCCC(=O)Nc2ccc(OC(C)C)c(Cl)c2)cc1. The van der Waals surface area contributed by atoms with Crippen LogP contribution in [0, 0.1) is 0 Å². The number of carbonyl (C=O) groups excluding carboxylic acids is 2. The summed E-state index contributed by atoms with van der Waals surface area (Å²) in [5.74, 6) is 1.17. The molecule has 0 bridgehead atoms. The number of ether oxygens (including phenoxy) is 2. The Balaban J connectivity index is 1.74. The maximum Gasteiger partial charge on any atom is 0.224 e. The molecule has 2 aromatic carbocycles. The Morgan fingerprint density at radius 2 is 1.81 bits per heavy atom. The second kappa shape index (κ2) is 9.97. The van der Waals surface area contributed by atoms with Crippen LogP contribution in [0.25, 0.3) is 0 Å². The second-order valence-electron chi connectivity index (χ2n) is 6.39. The van der Waals surface area contributed by atoms with Crippen molar-refractivity contribution in [2.45, 2.75) is 39.7 Å². The van der Waals surface area contributed by atoms with Gasteiger partial charge in [0.2, 0.25) is 5.91 Å². The number of benzene rings is 2. The van der Waals surface area contributed by atoms with E-state index in [0.29, 0.717) is 47.2 Å². The van der Waals surface area contributed by atoms with E-state index in [0.717, 1.165) is 0 Å². The van der Waals surface area contributed by atoms with Crippen LogP contribution in [-0.2, 0) is 4.79 Å². The third-order valence-corrected chi connectivity index (χ3v) is 3.95. The Morgan fingerprint density at radius 3 is 2.41 bits per heavy atom. The third kappa shape index (κ3) is 6.94. The fourth-order valence-electron chi connectivity index (χ4n) is 2.36. The summed E-state index contributed by atoms with van der Waals surface area (Å²) in [7, 11) is 0. The second-order valence-corrected chi connectivity index (χ2v) is 6.80. The molecular weight excluding hydrogens is 366 g/mol. The zero-order chi connectivity index (χ0) is 19.8. The van der Waals surface area contributed by atoms with Crippen molar-refractivity contribution < 1.29 is 19.1 Å². The van der Waals surface area contributed by atoms with E-state index in [1.165, 1.54) is 6.92 Å². The number of anilines is 1. The van der Waals surface area contributed by atoms with Crippen molar-refractivity contribution >= 4 is 29.0 Å². The van der Waals surface area contributed by atoms with Gasteiger partial charge in [-0.1, -0.05) is 11.6 Å². The van der Waals surface area contributed by atoms with E-state index in [1.807, 2.05) is 13.8 Å². The standard InChI is InChI=1S/C21H24ClNO4/c1-14(2)27-20-11-8-17(13-19(20)22)23-21(25)5-4-12-26-18-9-6-16(7-10-18)15(3)24/h6-11,13-14H,4-5,12H2,1-3H3,(H,23,25). The molecule has 1 amide bonds. The summed E-state index contributed by atoms with van der Waals surface area (Å²) < 4.78 is 11.2. The predicted octanol–water partition coefficient (Wildman–Crippen LogP) is 5.13. The van der Waals surface area contributed by atoms with Crippen molar-refractivity contribution in [3.05, 3.63) is 53.1 Å². The monoisotopic (exact) mass is 389 g/mol. The first-order valence-electron chi connectivity index (χ1n) is 8.85. The molecule has 0 aliphatic carbocycles. The van der Waals surface area contributed by atoms with Gasteiger partial charge in [-0.3, -0.25) is 9.59 Å². The molecule has 5 nitrogen and oxygen atoms in total. The summed E-state index contributed by atoms with van der Waals surface area (Å²) in [5.41, 5.74) is 1.27. The van der Waals surface area contributed by atoms with Gasteiger partial charge in [-0.25, -0.2) is 0 Å². The molecule has 0 radical (unpaired) electrons. The van der Waals surface area contributed by atoms with Crippen molar-refractivity contribution in [1.29, 1.82) is 0 Å². The third-order valence-electron chi connectivity index (χ3n) is 3.66. The Kier molecular flexibility index (Phi) is 7.67. The van der Waals surface area contributed by atoms with E-state index in [9.17, 15) is 9.59 Å². The normalized spacial score (nSPS) is 10.6. The number of hydrogen-bond donors (Lipinski definition) is 1. The summed E-state index contributed by atoms with van der Waals surface area (Å²) in [6, 6.07) is 12.1. The van der Waals surface area contributed by atoms with Gasteiger partial charge in [0.1, 0.15) is 11.5 Å². The smallest absolute Gasteiger partial charge is 0.224 e. The Morgan fingerprint density at radius 1 is 1.11 bits per heavy atom. The highest BCUT2D eigenvalue weighted by molar-refractivity contribution is 6.32. The minimum Gasteiger partial charge on any atom is -0.494 e. The van der Waals surface area contributed by atoms with Gasteiger partial charge in [-0.15, -0.1) is 0 Å². The lowest BCUT2D eigenvalue weighted by Crippen LogP contribution is -2.13.